The number of anilines is 2. The molecule has 0 saturated carbocycles. The number of benzene rings is 1. The second-order valence-corrected chi connectivity index (χ2v) is 5.89. The average molecular weight is 332 g/mol. The van der Waals surface area contributed by atoms with Crippen molar-refractivity contribution < 1.29 is 9.45 Å². The molecule has 9 heteroatoms. The van der Waals surface area contributed by atoms with Gasteiger partial charge < -0.3 is 14.3 Å². The molecule has 2 heterocycles. The molecule has 1 aliphatic rings. The number of rotatable bonds is 5. The first-order valence-electron chi connectivity index (χ1n) is 7.75. The first kappa shape index (κ1) is 16.2. The van der Waals surface area contributed by atoms with Gasteiger partial charge in [0.15, 0.2) is 0 Å². The Labute approximate surface area is 139 Å². The van der Waals surface area contributed by atoms with Gasteiger partial charge >= 0.3 is 0 Å². The van der Waals surface area contributed by atoms with Crippen molar-refractivity contribution >= 4 is 17.3 Å². The van der Waals surface area contributed by atoms with Crippen LogP contribution in [-0.4, -0.2) is 60.2 Å². The van der Waals surface area contributed by atoms with Gasteiger partial charge in [0.1, 0.15) is 5.69 Å². The molecule has 1 aromatic heterocycles. The van der Waals surface area contributed by atoms with Crippen LogP contribution in [-0.2, 0) is 6.54 Å². The second kappa shape index (κ2) is 6.83. The van der Waals surface area contributed by atoms with Crippen molar-refractivity contribution in [3.05, 3.63) is 40.3 Å². The summed E-state index contributed by atoms with van der Waals surface area (Å²) in [6.45, 7) is 3.60. The molecule has 1 aliphatic heterocycles. The fourth-order valence-electron chi connectivity index (χ4n) is 2.72. The topological polar surface area (TPSA) is 91.8 Å². The zero-order valence-corrected chi connectivity index (χ0v) is 13.8. The summed E-state index contributed by atoms with van der Waals surface area (Å²) in [6, 6.07) is 6.86. The fraction of sp³-hybridized carbons (Fsp3) is 0.467. The predicted octanol–water partition coefficient (Wildman–Crippen LogP) is 1.37. The van der Waals surface area contributed by atoms with Gasteiger partial charge in [-0.25, -0.2) is 0 Å². The minimum Gasteiger partial charge on any atom is -0.363 e. The van der Waals surface area contributed by atoms with Crippen molar-refractivity contribution in [3.63, 3.8) is 0 Å². The van der Waals surface area contributed by atoms with Crippen LogP contribution in [0.2, 0.25) is 0 Å². The lowest BCUT2D eigenvalue weighted by Gasteiger charge is -2.35. The standard InChI is InChI=1S/C15H20N6O3/c1-18(2)15-16-14(24-17-15)11-19-7-9-20(10-8-19)12-5-3-4-6-13(12)21(22)23/h3-6H,7-11H2,1-2H3. The van der Waals surface area contributed by atoms with Gasteiger partial charge in [0.2, 0.25) is 5.89 Å². The van der Waals surface area contributed by atoms with Gasteiger partial charge in [-0.1, -0.05) is 12.1 Å². The van der Waals surface area contributed by atoms with E-state index in [2.05, 4.69) is 15.0 Å². The number of hydrogen-bond acceptors (Lipinski definition) is 8. The summed E-state index contributed by atoms with van der Waals surface area (Å²) in [4.78, 5) is 21.2. The highest BCUT2D eigenvalue weighted by Crippen LogP contribution is 2.28. The van der Waals surface area contributed by atoms with Crippen LogP contribution in [0.1, 0.15) is 5.89 Å². The number of nitrogens with zero attached hydrogens (tertiary/aromatic N) is 6. The SMILES string of the molecule is CN(C)c1noc(CN2CCN(c3ccccc3[N+](=O)[O-])CC2)n1. The number of piperazine rings is 1. The Morgan fingerprint density at radius 2 is 1.96 bits per heavy atom. The Morgan fingerprint density at radius 1 is 1.25 bits per heavy atom. The number of para-hydroxylation sites is 2. The summed E-state index contributed by atoms with van der Waals surface area (Å²) in [5.41, 5.74) is 0.827. The molecule has 3 rings (SSSR count). The van der Waals surface area contributed by atoms with Crippen molar-refractivity contribution in [2.75, 3.05) is 50.1 Å². The Kier molecular flexibility index (Phi) is 4.61. The van der Waals surface area contributed by atoms with Crippen LogP contribution >= 0.6 is 0 Å². The lowest BCUT2D eigenvalue weighted by atomic mass is 10.2. The lowest BCUT2D eigenvalue weighted by molar-refractivity contribution is -0.384. The van der Waals surface area contributed by atoms with E-state index in [9.17, 15) is 10.1 Å². The van der Waals surface area contributed by atoms with Gasteiger partial charge in [-0.2, -0.15) is 4.98 Å². The molecular weight excluding hydrogens is 312 g/mol. The normalized spacial score (nSPS) is 15.5. The molecule has 9 nitrogen and oxygen atoms in total. The lowest BCUT2D eigenvalue weighted by Crippen LogP contribution is -2.46. The highest BCUT2D eigenvalue weighted by molar-refractivity contribution is 5.63. The van der Waals surface area contributed by atoms with E-state index in [-0.39, 0.29) is 10.6 Å². The van der Waals surface area contributed by atoms with Gasteiger partial charge in [0, 0.05) is 46.3 Å². The van der Waals surface area contributed by atoms with Gasteiger partial charge in [0.05, 0.1) is 11.5 Å². The van der Waals surface area contributed by atoms with E-state index in [1.54, 1.807) is 23.1 Å². The molecule has 1 aromatic carbocycles. The van der Waals surface area contributed by atoms with Crippen molar-refractivity contribution in [1.82, 2.24) is 15.0 Å². The molecule has 128 valence electrons. The van der Waals surface area contributed by atoms with E-state index in [1.807, 2.05) is 25.1 Å². The van der Waals surface area contributed by atoms with Gasteiger partial charge in [-0.15, -0.1) is 0 Å². The monoisotopic (exact) mass is 332 g/mol. The predicted molar refractivity (Wildman–Crippen MR) is 89.2 cm³/mol. The van der Waals surface area contributed by atoms with Crippen LogP contribution in [0.5, 0.6) is 0 Å². The van der Waals surface area contributed by atoms with Crippen LogP contribution in [0.3, 0.4) is 0 Å². The molecular formula is C15H20N6O3. The summed E-state index contributed by atoms with van der Waals surface area (Å²) in [5, 5.41) is 15.1. The maximum absolute atomic E-state index is 11.2. The third-order valence-electron chi connectivity index (χ3n) is 4.01. The molecule has 0 bridgehead atoms. The number of nitro benzene ring substituents is 1. The summed E-state index contributed by atoms with van der Waals surface area (Å²) in [6.07, 6.45) is 0. The Hall–Kier alpha value is -2.68. The van der Waals surface area contributed by atoms with Crippen LogP contribution in [0.25, 0.3) is 0 Å². The molecule has 24 heavy (non-hydrogen) atoms. The average Bonchev–Trinajstić information content (AvgIpc) is 3.04. The summed E-state index contributed by atoms with van der Waals surface area (Å²) in [7, 11) is 3.72. The molecule has 0 spiro atoms. The van der Waals surface area contributed by atoms with Gasteiger partial charge in [0.25, 0.3) is 11.6 Å². The molecule has 1 fully saturated rings. The smallest absolute Gasteiger partial charge is 0.292 e. The molecule has 1 saturated heterocycles. The van der Waals surface area contributed by atoms with Crippen molar-refractivity contribution in [2.24, 2.45) is 0 Å². The van der Waals surface area contributed by atoms with Crippen LogP contribution in [0, 0.1) is 10.1 Å². The van der Waals surface area contributed by atoms with E-state index in [4.69, 9.17) is 4.52 Å². The molecule has 0 aliphatic carbocycles. The molecule has 0 atom stereocenters. The number of hydrogen-bond donors (Lipinski definition) is 0. The minimum atomic E-state index is -0.330. The van der Waals surface area contributed by atoms with Crippen molar-refractivity contribution in [2.45, 2.75) is 6.54 Å². The van der Waals surface area contributed by atoms with Gasteiger partial charge in [-0.3, -0.25) is 15.0 Å². The maximum atomic E-state index is 11.2. The first-order chi connectivity index (χ1) is 11.5. The maximum Gasteiger partial charge on any atom is 0.292 e. The zero-order chi connectivity index (χ0) is 17.1. The van der Waals surface area contributed by atoms with E-state index in [0.717, 1.165) is 26.2 Å². The van der Waals surface area contributed by atoms with Crippen LogP contribution < -0.4 is 9.80 Å². The summed E-state index contributed by atoms with van der Waals surface area (Å²) >= 11 is 0. The fourth-order valence-corrected chi connectivity index (χ4v) is 2.72. The minimum absolute atomic E-state index is 0.151. The number of nitro groups is 1. The molecule has 0 radical (unpaired) electrons. The largest absolute Gasteiger partial charge is 0.363 e. The highest BCUT2D eigenvalue weighted by Gasteiger charge is 2.24. The van der Waals surface area contributed by atoms with Crippen molar-refractivity contribution in [1.29, 1.82) is 0 Å². The Morgan fingerprint density at radius 3 is 2.58 bits per heavy atom. The van der Waals surface area contributed by atoms with E-state index in [1.165, 1.54) is 0 Å². The zero-order valence-electron chi connectivity index (χ0n) is 13.8. The van der Waals surface area contributed by atoms with E-state index in [0.29, 0.717) is 24.1 Å². The number of aromatic nitrogens is 2. The molecule has 2 aromatic rings. The third kappa shape index (κ3) is 3.46. The summed E-state index contributed by atoms with van der Waals surface area (Å²) in [5.74, 6) is 1.14. The van der Waals surface area contributed by atoms with Crippen LogP contribution in [0.4, 0.5) is 17.3 Å². The second-order valence-electron chi connectivity index (χ2n) is 5.89. The van der Waals surface area contributed by atoms with E-state index < -0.39 is 0 Å². The van der Waals surface area contributed by atoms with Crippen LogP contribution in [0.15, 0.2) is 28.8 Å². The van der Waals surface area contributed by atoms with Gasteiger partial charge in [-0.05, 0) is 11.2 Å². The molecule has 0 unspecified atom stereocenters. The Bertz CT molecular complexity index is 709. The third-order valence-corrected chi connectivity index (χ3v) is 4.01. The van der Waals surface area contributed by atoms with Crippen molar-refractivity contribution in [3.8, 4) is 0 Å². The Balaban J connectivity index is 1.60. The quantitative estimate of drug-likeness (QED) is 0.599. The summed E-state index contributed by atoms with van der Waals surface area (Å²) < 4.78 is 5.24. The highest BCUT2D eigenvalue weighted by atomic mass is 16.6. The van der Waals surface area contributed by atoms with E-state index >= 15 is 0 Å². The molecule has 0 amide bonds. The molecule has 0 N–H and O–H groups in total. The first-order valence-corrected chi connectivity index (χ1v) is 7.75.